The lowest BCUT2D eigenvalue weighted by molar-refractivity contribution is -0.144. The third-order valence-corrected chi connectivity index (χ3v) is 5.20. The van der Waals surface area contributed by atoms with Crippen molar-refractivity contribution in [2.45, 2.75) is 71.4 Å². The Morgan fingerprint density at radius 1 is 1.19 bits per heavy atom. The predicted octanol–water partition coefficient (Wildman–Crippen LogP) is 3.45. The predicted molar refractivity (Wildman–Crippen MR) is 103 cm³/mol. The minimum atomic E-state index is -0.786. The van der Waals surface area contributed by atoms with Crippen LogP contribution in [0.1, 0.15) is 58.4 Å². The van der Waals surface area contributed by atoms with Crippen LogP contribution in [-0.4, -0.2) is 41.4 Å². The van der Waals surface area contributed by atoms with Crippen molar-refractivity contribution in [2.75, 3.05) is 13.1 Å². The van der Waals surface area contributed by atoms with Crippen LogP contribution in [0.3, 0.4) is 0 Å². The fourth-order valence-corrected chi connectivity index (χ4v) is 3.64. The van der Waals surface area contributed by atoms with Crippen molar-refractivity contribution in [2.24, 2.45) is 0 Å². The maximum atomic E-state index is 13.1. The van der Waals surface area contributed by atoms with Crippen molar-refractivity contribution in [3.63, 3.8) is 0 Å². The number of carbonyl (C=O) groups is 2. The number of aryl methyl sites for hydroxylation is 1. The SMILES string of the molecule is CCN(CC)C(=O)C1(NC(=O)C(C)Oc2cccc(C)c2)CCCCC1. The Bertz CT molecular complexity index is 619. The van der Waals surface area contributed by atoms with Gasteiger partial charge in [-0.2, -0.15) is 0 Å². The quantitative estimate of drug-likeness (QED) is 0.810. The molecular weight excluding hydrogens is 328 g/mol. The van der Waals surface area contributed by atoms with E-state index in [0.717, 1.165) is 24.8 Å². The normalized spacial score (nSPS) is 17.2. The fraction of sp³-hybridized carbons (Fsp3) is 0.619. The van der Waals surface area contributed by atoms with Gasteiger partial charge in [-0.15, -0.1) is 0 Å². The number of hydrogen-bond donors (Lipinski definition) is 1. The van der Waals surface area contributed by atoms with Crippen LogP contribution in [0.4, 0.5) is 0 Å². The topological polar surface area (TPSA) is 58.6 Å². The summed E-state index contributed by atoms with van der Waals surface area (Å²) in [6, 6.07) is 7.63. The summed E-state index contributed by atoms with van der Waals surface area (Å²) in [5, 5.41) is 3.06. The third kappa shape index (κ3) is 4.77. The minimum Gasteiger partial charge on any atom is -0.481 e. The Morgan fingerprint density at radius 3 is 2.42 bits per heavy atom. The molecule has 2 rings (SSSR count). The van der Waals surface area contributed by atoms with E-state index in [0.29, 0.717) is 31.7 Å². The molecule has 1 unspecified atom stereocenters. The molecule has 1 atom stereocenters. The molecule has 1 aliphatic rings. The molecule has 0 aromatic heterocycles. The van der Waals surface area contributed by atoms with Gasteiger partial charge in [0.05, 0.1) is 0 Å². The van der Waals surface area contributed by atoms with Gasteiger partial charge in [-0.3, -0.25) is 9.59 Å². The number of amides is 2. The number of ether oxygens (including phenoxy) is 1. The Kier molecular flexibility index (Phi) is 7.06. The molecule has 0 heterocycles. The van der Waals surface area contributed by atoms with Crippen molar-refractivity contribution in [3.8, 4) is 5.75 Å². The summed E-state index contributed by atoms with van der Waals surface area (Å²) in [6.07, 6.45) is 3.77. The van der Waals surface area contributed by atoms with E-state index in [4.69, 9.17) is 4.74 Å². The van der Waals surface area contributed by atoms with E-state index < -0.39 is 11.6 Å². The van der Waals surface area contributed by atoms with E-state index in [9.17, 15) is 9.59 Å². The van der Waals surface area contributed by atoms with Crippen molar-refractivity contribution in [1.82, 2.24) is 10.2 Å². The molecule has 2 amide bonds. The fourth-order valence-electron chi connectivity index (χ4n) is 3.64. The zero-order chi connectivity index (χ0) is 19.2. The average molecular weight is 360 g/mol. The van der Waals surface area contributed by atoms with Crippen LogP contribution in [0.15, 0.2) is 24.3 Å². The van der Waals surface area contributed by atoms with Crippen LogP contribution in [0.25, 0.3) is 0 Å². The van der Waals surface area contributed by atoms with Gasteiger partial charge in [-0.05, 0) is 58.2 Å². The second-order valence-electron chi connectivity index (χ2n) is 7.19. The Balaban J connectivity index is 2.11. The lowest BCUT2D eigenvalue weighted by Gasteiger charge is -2.40. The van der Waals surface area contributed by atoms with Gasteiger partial charge < -0.3 is 15.0 Å². The molecule has 5 nitrogen and oxygen atoms in total. The molecule has 144 valence electrons. The first kappa shape index (κ1) is 20.3. The van der Waals surface area contributed by atoms with E-state index in [1.807, 2.05) is 49.9 Å². The summed E-state index contributed by atoms with van der Waals surface area (Å²) in [7, 11) is 0. The second kappa shape index (κ2) is 9.06. The van der Waals surface area contributed by atoms with Gasteiger partial charge in [-0.25, -0.2) is 0 Å². The van der Waals surface area contributed by atoms with Crippen LogP contribution >= 0.6 is 0 Å². The smallest absolute Gasteiger partial charge is 0.261 e. The van der Waals surface area contributed by atoms with Gasteiger partial charge in [0.25, 0.3) is 5.91 Å². The zero-order valence-corrected chi connectivity index (χ0v) is 16.5. The van der Waals surface area contributed by atoms with E-state index in [2.05, 4.69) is 5.32 Å². The highest BCUT2D eigenvalue weighted by atomic mass is 16.5. The highest BCUT2D eigenvalue weighted by Crippen LogP contribution is 2.30. The average Bonchev–Trinajstić information content (AvgIpc) is 2.63. The summed E-state index contributed by atoms with van der Waals surface area (Å²) in [5.41, 5.74) is 0.293. The van der Waals surface area contributed by atoms with Crippen molar-refractivity contribution < 1.29 is 14.3 Å². The zero-order valence-electron chi connectivity index (χ0n) is 16.5. The molecule has 0 saturated heterocycles. The van der Waals surface area contributed by atoms with Gasteiger partial charge in [0.2, 0.25) is 5.91 Å². The summed E-state index contributed by atoms with van der Waals surface area (Å²) in [4.78, 5) is 27.7. The first-order valence-electron chi connectivity index (χ1n) is 9.76. The van der Waals surface area contributed by atoms with Gasteiger partial charge in [0.1, 0.15) is 11.3 Å². The molecule has 5 heteroatoms. The Morgan fingerprint density at radius 2 is 1.85 bits per heavy atom. The Labute approximate surface area is 157 Å². The minimum absolute atomic E-state index is 0.0401. The van der Waals surface area contributed by atoms with Gasteiger partial charge in [-0.1, -0.05) is 31.4 Å². The molecule has 0 bridgehead atoms. The second-order valence-corrected chi connectivity index (χ2v) is 7.19. The monoisotopic (exact) mass is 360 g/mol. The number of nitrogens with zero attached hydrogens (tertiary/aromatic N) is 1. The number of rotatable bonds is 7. The van der Waals surface area contributed by atoms with Gasteiger partial charge in [0.15, 0.2) is 6.10 Å². The lowest BCUT2D eigenvalue weighted by Crippen LogP contribution is -2.62. The van der Waals surface area contributed by atoms with Crippen LogP contribution < -0.4 is 10.1 Å². The molecule has 1 aromatic carbocycles. The van der Waals surface area contributed by atoms with Crippen LogP contribution in [-0.2, 0) is 9.59 Å². The molecular formula is C21H32N2O3. The van der Waals surface area contributed by atoms with Crippen molar-refractivity contribution in [3.05, 3.63) is 29.8 Å². The number of hydrogen-bond acceptors (Lipinski definition) is 3. The third-order valence-electron chi connectivity index (χ3n) is 5.20. The molecule has 1 saturated carbocycles. The summed E-state index contributed by atoms with van der Waals surface area (Å²) in [6.45, 7) is 8.98. The maximum Gasteiger partial charge on any atom is 0.261 e. The number of nitrogens with one attached hydrogen (secondary N) is 1. The molecule has 1 fully saturated rings. The van der Waals surface area contributed by atoms with Crippen LogP contribution in [0, 0.1) is 6.92 Å². The van der Waals surface area contributed by atoms with E-state index in [-0.39, 0.29) is 11.8 Å². The van der Waals surface area contributed by atoms with E-state index in [1.165, 1.54) is 0 Å². The van der Waals surface area contributed by atoms with Gasteiger partial charge in [0, 0.05) is 13.1 Å². The molecule has 1 aliphatic carbocycles. The number of carbonyl (C=O) groups excluding carboxylic acids is 2. The van der Waals surface area contributed by atoms with Crippen molar-refractivity contribution >= 4 is 11.8 Å². The molecule has 26 heavy (non-hydrogen) atoms. The molecule has 0 radical (unpaired) electrons. The molecule has 1 aromatic rings. The van der Waals surface area contributed by atoms with E-state index in [1.54, 1.807) is 6.92 Å². The molecule has 0 spiro atoms. The first-order chi connectivity index (χ1) is 12.4. The summed E-state index contributed by atoms with van der Waals surface area (Å²) >= 11 is 0. The standard InChI is InChI=1S/C21H32N2O3/c1-5-23(6-2)20(25)21(13-8-7-9-14-21)22-19(24)17(4)26-18-12-10-11-16(3)15-18/h10-12,15,17H,5-9,13-14H2,1-4H3,(H,22,24). The van der Waals surface area contributed by atoms with Crippen molar-refractivity contribution in [1.29, 1.82) is 0 Å². The highest BCUT2D eigenvalue weighted by Gasteiger charge is 2.43. The Hall–Kier alpha value is -2.04. The highest BCUT2D eigenvalue weighted by molar-refractivity contribution is 5.93. The van der Waals surface area contributed by atoms with Gasteiger partial charge >= 0.3 is 0 Å². The van der Waals surface area contributed by atoms with Crippen LogP contribution in [0.5, 0.6) is 5.75 Å². The summed E-state index contributed by atoms with van der Waals surface area (Å²) in [5.74, 6) is 0.479. The van der Waals surface area contributed by atoms with Crippen LogP contribution in [0.2, 0.25) is 0 Å². The number of likely N-dealkylation sites (N-methyl/N-ethyl adjacent to an activating group) is 1. The first-order valence-corrected chi connectivity index (χ1v) is 9.76. The maximum absolute atomic E-state index is 13.1. The lowest BCUT2D eigenvalue weighted by atomic mass is 9.80. The molecule has 0 aliphatic heterocycles. The largest absolute Gasteiger partial charge is 0.481 e. The summed E-state index contributed by atoms with van der Waals surface area (Å²) < 4.78 is 5.80. The number of benzene rings is 1. The van der Waals surface area contributed by atoms with E-state index >= 15 is 0 Å². The molecule has 1 N–H and O–H groups in total.